The molecule has 5 N–H and O–H groups in total. The minimum absolute atomic E-state index is 0.208. The van der Waals surface area contributed by atoms with Gasteiger partial charge in [-0.2, -0.15) is 0 Å². The van der Waals surface area contributed by atoms with Crippen LogP contribution in [0.15, 0.2) is 66.8 Å². The van der Waals surface area contributed by atoms with E-state index in [-0.39, 0.29) is 6.42 Å². The largest absolute Gasteiger partial charge is 0.456 e. The van der Waals surface area contributed by atoms with Gasteiger partial charge < -0.3 is 44.5 Å². The van der Waals surface area contributed by atoms with Crippen LogP contribution in [-0.2, 0) is 29.7 Å². The molecule has 1 aromatic carbocycles. The van der Waals surface area contributed by atoms with Crippen LogP contribution < -0.4 is 0 Å². The van der Waals surface area contributed by atoms with Crippen molar-refractivity contribution in [3.05, 3.63) is 72.4 Å². The molecule has 5 aliphatic rings. The van der Waals surface area contributed by atoms with Crippen LogP contribution in [0.25, 0.3) is 0 Å². The number of ether oxygens (including phenoxy) is 4. The van der Waals surface area contributed by atoms with E-state index in [0.29, 0.717) is 17.6 Å². The molecule has 5 fully saturated rings. The first-order chi connectivity index (χ1) is 22.3. The smallest absolute Gasteiger partial charge is 0.331 e. The lowest BCUT2D eigenvalue weighted by molar-refractivity contribution is -0.446. The molecule has 2 heterocycles. The number of aliphatic hydroxyl groups excluding tert-OH is 3. The highest BCUT2D eigenvalue weighted by atomic mass is 16.9. The van der Waals surface area contributed by atoms with Crippen LogP contribution in [0.2, 0.25) is 0 Å². The van der Waals surface area contributed by atoms with Gasteiger partial charge in [-0.25, -0.2) is 4.79 Å². The van der Waals surface area contributed by atoms with Crippen molar-refractivity contribution in [1.82, 2.24) is 0 Å². The molecule has 258 valence electrons. The van der Waals surface area contributed by atoms with Crippen molar-refractivity contribution in [3.8, 4) is 0 Å². The standard InChI is InChI=1S/C37H50O10/c1-6-7-8-9-10-11-15-18-27(39)44-30-23(4)19-26-35(30,43)32(41)33(42,21-38)29(40)28-31-34(22(2)3)20-24(5)36(26,28)47-37(45-31,46-34)25-16-13-12-14-17-25/h10-18,23-24,26,28-32,38,40-43H,2,6-9,19-21H2,1,3-5H3/b11-10+,18-15+/t23-,24+,26+,28-,29-,30-,31+,32+,33+,34+,35+,36-,37?/m0/s1. The van der Waals surface area contributed by atoms with Crippen molar-refractivity contribution < 1.29 is 49.3 Å². The summed E-state index contributed by atoms with van der Waals surface area (Å²) in [5.74, 6) is -5.53. The molecule has 1 aromatic rings. The molecular weight excluding hydrogens is 604 g/mol. The summed E-state index contributed by atoms with van der Waals surface area (Å²) in [5.41, 5.74) is -6.44. The monoisotopic (exact) mass is 654 g/mol. The van der Waals surface area contributed by atoms with E-state index in [2.05, 4.69) is 13.5 Å². The van der Waals surface area contributed by atoms with Gasteiger partial charge in [0.05, 0.1) is 18.3 Å². The molecule has 10 heteroatoms. The van der Waals surface area contributed by atoms with Crippen LogP contribution in [0, 0.1) is 23.7 Å². The molecule has 2 saturated heterocycles. The van der Waals surface area contributed by atoms with Crippen molar-refractivity contribution in [2.75, 3.05) is 6.61 Å². The molecule has 10 nitrogen and oxygen atoms in total. The third-order valence-electron chi connectivity index (χ3n) is 11.8. The summed E-state index contributed by atoms with van der Waals surface area (Å²) in [6.45, 7) is 10.8. The van der Waals surface area contributed by atoms with E-state index < -0.39 is 89.0 Å². The lowest BCUT2D eigenvalue weighted by Gasteiger charge is -2.60. The fraction of sp³-hybridized carbons (Fsp3) is 0.649. The van der Waals surface area contributed by atoms with Crippen molar-refractivity contribution >= 4 is 5.97 Å². The first-order valence-electron chi connectivity index (χ1n) is 17.0. The summed E-state index contributed by atoms with van der Waals surface area (Å²) >= 11 is 0. The summed E-state index contributed by atoms with van der Waals surface area (Å²) in [4.78, 5) is 13.2. The molecule has 47 heavy (non-hydrogen) atoms. The number of unbranched alkanes of at least 4 members (excludes halogenated alkanes) is 3. The van der Waals surface area contributed by atoms with Gasteiger partial charge in [-0.15, -0.1) is 0 Å². The Hall–Kier alpha value is -2.41. The minimum Gasteiger partial charge on any atom is -0.456 e. The van der Waals surface area contributed by atoms with Crippen LogP contribution in [0.3, 0.4) is 0 Å². The van der Waals surface area contributed by atoms with E-state index in [1.807, 2.05) is 38.1 Å². The topological polar surface area (TPSA) is 155 Å². The Morgan fingerprint density at radius 1 is 1.11 bits per heavy atom. The first kappa shape index (κ1) is 34.5. The van der Waals surface area contributed by atoms with Crippen LogP contribution in [0.5, 0.6) is 0 Å². The second kappa shape index (κ2) is 12.2. The molecule has 3 bridgehead atoms. The SMILES string of the molecule is C=C(C)[C@]12C[C@@H](C)[C@@]34OC(c5ccccc5)(O[C@@H]1[C@@H]3[C@H](O)[C@](O)(CO)[C@@H](O)[C@@]1(O)[C@H]4C[C@H](C)[C@@H]1OC(=O)/C=C/C=C/CCCCC)O2. The van der Waals surface area contributed by atoms with E-state index in [4.69, 9.17) is 18.9 Å². The van der Waals surface area contributed by atoms with Gasteiger partial charge in [0, 0.05) is 23.5 Å². The molecule has 2 aliphatic heterocycles. The van der Waals surface area contributed by atoms with Gasteiger partial charge in [0.25, 0.3) is 0 Å². The number of rotatable bonds is 10. The third-order valence-corrected chi connectivity index (χ3v) is 11.8. The van der Waals surface area contributed by atoms with E-state index >= 15 is 0 Å². The fourth-order valence-corrected chi connectivity index (χ4v) is 9.60. The number of carbonyl (C=O) groups excluding carboxylic acids is 1. The van der Waals surface area contributed by atoms with Gasteiger partial charge in [-0.1, -0.05) is 88.8 Å². The number of hydrogen-bond donors (Lipinski definition) is 5. The summed E-state index contributed by atoms with van der Waals surface area (Å²) in [6.07, 6.45) is 5.06. The van der Waals surface area contributed by atoms with E-state index in [1.165, 1.54) is 6.08 Å². The number of benzene rings is 1. The fourth-order valence-electron chi connectivity index (χ4n) is 9.60. The second-order valence-electron chi connectivity index (χ2n) is 14.6. The van der Waals surface area contributed by atoms with Crippen LogP contribution in [0.4, 0.5) is 0 Å². The number of esters is 1. The summed E-state index contributed by atoms with van der Waals surface area (Å²) in [5, 5.41) is 59.8. The molecule has 0 amide bonds. The number of aliphatic hydroxyl groups is 5. The Bertz CT molecular complexity index is 1410. The van der Waals surface area contributed by atoms with Gasteiger partial charge in [0.1, 0.15) is 35.1 Å². The highest BCUT2D eigenvalue weighted by Gasteiger charge is 2.85. The Morgan fingerprint density at radius 3 is 2.49 bits per heavy atom. The Kier molecular flexibility index (Phi) is 8.92. The molecule has 0 aromatic heterocycles. The van der Waals surface area contributed by atoms with E-state index in [1.54, 1.807) is 31.2 Å². The summed E-state index contributed by atoms with van der Waals surface area (Å²) < 4.78 is 26.5. The van der Waals surface area contributed by atoms with Crippen LogP contribution in [-0.4, -0.2) is 84.9 Å². The quantitative estimate of drug-likeness (QED) is 0.0834. The predicted octanol–water partition coefficient (Wildman–Crippen LogP) is 3.40. The zero-order valence-corrected chi connectivity index (χ0v) is 27.7. The molecule has 13 atom stereocenters. The van der Waals surface area contributed by atoms with Gasteiger partial charge in [-0.3, -0.25) is 0 Å². The molecule has 6 rings (SSSR count). The average Bonchev–Trinajstić information content (AvgIpc) is 3.42. The number of carbonyl (C=O) groups is 1. The van der Waals surface area contributed by atoms with Gasteiger partial charge in [0.2, 0.25) is 0 Å². The second-order valence-corrected chi connectivity index (χ2v) is 14.6. The van der Waals surface area contributed by atoms with Crippen molar-refractivity contribution in [2.24, 2.45) is 23.7 Å². The highest BCUT2D eigenvalue weighted by Crippen LogP contribution is 2.72. The lowest BCUT2D eigenvalue weighted by atomic mass is 9.53. The zero-order valence-electron chi connectivity index (χ0n) is 27.7. The predicted molar refractivity (Wildman–Crippen MR) is 171 cm³/mol. The molecule has 3 saturated carbocycles. The van der Waals surface area contributed by atoms with Gasteiger partial charge in [-0.05, 0) is 50.0 Å². The first-order valence-corrected chi connectivity index (χ1v) is 17.0. The third kappa shape index (κ3) is 4.78. The van der Waals surface area contributed by atoms with Crippen LogP contribution >= 0.6 is 0 Å². The zero-order chi connectivity index (χ0) is 34.0. The molecule has 0 radical (unpaired) electrons. The van der Waals surface area contributed by atoms with E-state index in [9.17, 15) is 30.3 Å². The maximum Gasteiger partial charge on any atom is 0.331 e. The van der Waals surface area contributed by atoms with E-state index in [0.717, 1.165) is 25.7 Å². The summed E-state index contributed by atoms with van der Waals surface area (Å²) in [7, 11) is 0. The Balaban J connectivity index is 1.45. The molecule has 1 unspecified atom stereocenters. The Labute approximate surface area is 276 Å². The van der Waals surface area contributed by atoms with Crippen molar-refractivity contribution in [2.45, 2.75) is 119 Å². The highest BCUT2D eigenvalue weighted by molar-refractivity contribution is 5.82. The van der Waals surface area contributed by atoms with Crippen molar-refractivity contribution in [1.29, 1.82) is 0 Å². The van der Waals surface area contributed by atoms with Gasteiger partial charge >= 0.3 is 11.9 Å². The maximum absolute atomic E-state index is 13.2. The number of hydrogen-bond acceptors (Lipinski definition) is 10. The molecule has 0 spiro atoms. The Morgan fingerprint density at radius 2 is 1.83 bits per heavy atom. The molecular formula is C37H50O10. The minimum atomic E-state index is -2.65. The number of allylic oxidation sites excluding steroid dienone is 3. The van der Waals surface area contributed by atoms with Crippen molar-refractivity contribution in [3.63, 3.8) is 0 Å². The van der Waals surface area contributed by atoms with Gasteiger partial charge in [0.15, 0.2) is 0 Å². The normalized spacial score (nSPS) is 46.8. The summed E-state index contributed by atoms with van der Waals surface area (Å²) in [6, 6.07) is 9.11. The average molecular weight is 655 g/mol. The lowest BCUT2D eigenvalue weighted by Crippen LogP contribution is -2.73. The number of fused-ring (bicyclic) bond motifs is 2. The van der Waals surface area contributed by atoms with Crippen LogP contribution in [0.1, 0.15) is 71.8 Å². The molecule has 3 aliphatic carbocycles. The maximum atomic E-state index is 13.2.